The van der Waals surface area contributed by atoms with Crippen LogP contribution in [0.25, 0.3) is 0 Å². The minimum Gasteiger partial charge on any atom is -0.778 e. The van der Waals surface area contributed by atoms with Crippen LogP contribution in [0.3, 0.4) is 0 Å². The Bertz CT molecular complexity index is 736. The maximum absolute atomic E-state index is 12.2. The highest BCUT2D eigenvalue weighted by molar-refractivity contribution is 7.52. The van der Waals surface area contributed by atoms with Crippen molar-refractivity contribution >= 4 is 13.4 Å². The van der Waals surface area contributed by atoms with Gasteiger partial charge in [-0.05, 0) is 13.8 Å². The van der Waals surface area contributed by atoms with E-state index in [1.165, 1.54) is 13.8 Å². The third kappa shape index (κ3) is 4.83. The molecule has 26 heavy (non-hydrogen) atoms. The van der Waals surface area contributed by atoms with E-state index in [2.05, 4.69) is 4.98 Å². The fraction of sp³-hybridized carbons (Fsp3) is 0.733. The fourth-order valence-electron chi connectivity index (χ4n) is 2.41. The molecule has 4 atom stereocenters. The molecular formula is C15H25N3O7P-. The number of rotatable bonds is 7. The predicted octanol–water partition coefficient (Wildman–Crippen LogP) is 0.591. The first kappa shape index (κ1) is 20.9. The summed E-state index contributed by atoms with van der Waals surface area (Å²) in [5.74, 6) is -0.662. The van der Waals surface area contributed by atoms with E-state index in [4.69, 9.17) is 19.7 Å². The molecule has 1 aliphatic rings. The Labute approximate surface area is 151 Å². The van der Waals surface area contributed by atoms with Crippen LogP contribution in [0.2, 0.25) is 0 Å². The smallest absolute Gasteiger partial charge is 0.351 e. The first-order chi connectivity index (χ1) is 12.0. The molecule has 0 aliphatic carbocycles. The number of nitrogens with zero attached hydrogens (tertiary/aromatic N) is 2. The largest absolute Gasteiger partial charge is 0.778 e. The van der Waals surface area contributed by atoms with Crippen LogP contribution in [0.5, 0.6) is 5.75 Å². The predicted molar refractivity (Wildman–Crippen MR) is 91.8 cm³/mol. The van der Waals surface area contributed by atoms with Crippen molar-refractivity contribution in [3.63, 3.8) is 0 Å². The summed E-state index contributed by atoms with van der Waals surface area (Å²) in [5, 5.41) is 9.70. The van der Waals surface area contributed by atoms with Gasteiger partial charge in [0.1, 0.15) is 19.9 Å². The van der Waals surface area contributed by atoms with Crippen molar-refractivity contribution in [1.29, 1.82) is 0 Å². The molecule has 1 aliphatic heterocycles. The molecule has 1 saturated heterocycles. The Morgan fingerprint density at radius 3 is 2.73 bits per heavy atom. The van der Waals surface area contributed by atoms with Gasteiger partial charge in [-0.15, -0.1) is 0 Å². The summed E-state index contributed by atoms with van der Waals surface area (Å²) < 4.78 is 29.8. The molecule has 1 aromatic rings. The average Bonchev–Trinajstić information content (AvgIpc) is 2.90. The van der Waals surface area contributed by atoms with Gasteiger partial charge in [-0.25, -0.2) is 4.79 Å². The van der Waals surface area contributed by atoms with E-state index in [1.54, 1.807) is 0 Å². The Hall–Kier alpha value is -1.45. The summed E-state index contributed by atoms with van der Waals surface area (Å²) in [6, 6.07) is 0. The van der Waals surface area contributed by atoms with Crippen LogP contribution in [0.15, 0.2) is 11.0 Å². The topological polar surface area (TPSA) is 149 Å². The van der Waals surface area contributed by atoms with Gasteiger partial charge in [-0.1, -0.05) is 13.8 Å². The lowest BCUT2D eigenvalue weighted by Gasteiger charge is -2.31. The lowest BCUT2D eigenvalue weighted by atomic mass is 10.2. The number of ether oxygens (including phenoxy) is 2. The van der Waals surface area contributed by atoms with Gasteiger partial charge in [0, 0.05) is 12.1 Å². The third-order valence-corrected chi connectivity index (χ3v) is 5.79. The second-order valence-electron chi connectivity index (χ2n) is 6.73. The molecule has 0 spiro atoms. The lowest BCUT2D eigenvalue weighted by Crippen LogP contribution is -2.32. The van der Waals surface area contributed by atoms with Gasteiger partial charge >= 0.3 is 5.69 Å². The Kier molecular flexibility index (Phi) is 6.46. The van der Waals surface area contributed by atoms with Crippen molar-refractivity contribution in [3.05, 3.63) is 16.7 Å². The summed E-state index contributed by atoms with van der Waals surface area (Å²) >= 11 is 0. The monoisotopic (exact) mass is 390 g/mol. The quantitative estimate of drug-likeness (QED) is 0.638. The second kappa shape index (κ2) is 8.06. The van der Waals surface area contributed by atoms with Gasteiger partial charge < -0.3 is 34.3 Å². The number of hydrogen-bond acceptors (Lipinski definition) is 9. The molecule has 0 bridgehead atoms. The van der Waals surface area contributed by atoms with Crippen LogP contribution >= 0.6 is 7.60 Å². The molecule has 1 aromatic heterocycles. The van der Waals surface area contributed by atoms with Gasteiger partial charge in [-0.2, -0.15) is 4.98 Å². The van der Waals surface area contributed by atoms with E-state index in [0.717, 1.165) is 10.8 Å². The number of aromatic nitrogens is 2. The molecule has 1 unspecified atom stereocenters. The number of nitrogens with two attached hydrogens (primary N) is 1. The zero-order chi connectivity index (χ0) is 19.6. The maximum atomic E-state index is 12.2. The van der Waals surface area contributed by atoms with E-state index in [9.17, 15) is 19.4 Å². The van der Waals surface area contributed by atoms with E-state index < -0.39 is 37.4 Å². The molecule has 0 saturated carbocycles. The Balaban J connectivity index is 2.25. The highest BCUT2D eigenvalue weighted by Gasteiger charge is 2.40. The van der Waals surface area contributed by atoms with Crippen LogP contribution in [0.4, 0.5) is 5.82 Å². The average molecular weight is 390 g/mol. The third-order valence-electron chi connectivity index (χ3n) is 3.96. The molecule has 11 heteroatoms. The highest BCUT2D eigenvalue weighted by Crippen LogP contribution is 2.47. The van der Waals surface area contributed by atoms with Crippen LogP contribution < -0.4 is 16.3 Å². The number of nitrogen functional groups attached to an aromatic ring is 1. The first-order valence-corrected chi connectivity index (χ1v) is 9.96. The van der Waals surface area contributed by atoms with Crippen molar-refractivity contribution < 1.29 is 28.6 Å². The fourth-order valence-corrected chi connectivity index (χ4v) is 3.25. The number of hydrogen-bond donors (Lipinski definition) is 2. The summed E-state index contributed by atoms with van der Waals surface area (Å²) in [6.45, 7) is 6.81. The summed E-state index contributed by atoms with van der Waals surface area (Å²) in [5.41, 5.74) is 3.99. The van der Waals surface area contributed by atoms with Crippen LogP contribution in [-0.4, -0.2) is 45.2 Å². The molecule has 10 nitrogen and oxygen atoms in total. The molecule has 0 amide bonds. The normalized spacial score (nSPS) is 25.7. The van der Waals surface area contributed by atoms with Gasteiger partial charge in [0.25, 0.3) is 0 Å². The van der Waals surface area contributed by atoms with Crippen LogP contribution in [0.1, 0.15) is 40.3 Å². The maximum Gasteiger partial charge on any atom is 0.351 e. The number of aromatic hydroxyl groups is 1. The molecule has 2 heterocycles. The van der Waals surface area contributed by atoms with Crippen molar-refractivity contribution in [2.45, 2.75) is 64.3 Å². The summed E-state index contributed by atoms with van der Waals surface area (Å²) in [6.07, 6.45) is -1.29. The van der Waals surface area contributed by atoms with Crippen molar-refractivity contribution in [2.75, 3.05) is 12.3 Å². The minimum atomic E-state index is -4.10. The zero-order valence-corrected chi connectivity index (χ0v) is 16.1. The van der Waals surface area contributed by atoms with Gasteiger partial charge in [0.15, 0.2) is 11.6 Å². The van der Waals surface area contributed by atoms with E-state index in [-0.39, 0.29) is 30.7 Å². The molecular weight excluding hydrogens is 365 g/mol. The highest BCUT2D eigenvalue weighted by atomic mass is 31.2. The van der Waals surface area contributed by atoms with Crippen LogP contribution in [0, 0.1) is 0 Å². The van der Waals surface area contributed by atoms with Gasteiger partial charge in [0.2, 0.25) is 0 Å². The molecule has 2 rings (SSSR count). The molecule has 0 aromatic carbocycles. The molecule has 148 valence electrons. The van der Waals surface area contributed by atoms with Crippen LogP contribution in [-0.2, 0) is 18.6 Å². The van der Waals surface area contributed by atoms with Crippen molar-refractivity contribution in [2.24, 2.45) is 0 Å². The minimum absolute atomic E-state index is 0.0794. The summed E-state index contributed by atoms with van der Waals surface area (Å²) in [4.78, 5) is 27.7. The molecule has 3 N–H and O–H groups in total. The SMILES string of the molecule is CC(C)OC[C@H]1O[C@@H](n2cc(O)c(N)nc2=O)C[C@H]1OP(=O)([O-])C(C)C. The van der Waals surface area contributed by atoms with E-state index >= 15 is 0 Å². The second-order valence-corrected chi connectivity index (χ2v) is 9.05. The number of anilines is 1. The first-order valence-electron chi connectivity index (χ1n) is 8.35. The Morgan fingerprint density at radius 1 is 1.50 bits per heavy atom. The van der Waals surface area contributed by atoms with Gasteiger partial charge in [0.05, 0.1) is 25.0 Å². The van der Waals surface area contributed by atoms with E-state index in [0.29, 0.717) is 0 Å². The summed E-state index contributed by atoms with van der Waals surface area (Å²) in [7, 11) is -4.10. The van der Waals surface area contributed by atoms with Crippen molar-refractivity contribution in [3.8, 4) is 5.75 Å². The zero-order valence-electron chi connectivity index (χ0n) is 15.2. The van der Waals surface area contributed by atoms with Crippen molar-refractivity contribution in [1.82, 2.24) is 9.55 Å². The molecule has 0 radical (unpaired) electrons. The standard InChI is InChI=1S/C15H26N3O7P/c1-8(2)23-7-12-11(25-26(21,22)9(3)4)5-13(24-12)18-6-10(19)14(16)17-15(18)20/h6,8-9,11-13,19H,5,7H2,1-4H3,(H,21,22)(H2,16,17,20)/p-1/t11-,12-,13-/m1/s1. The Morgan fingerprint density at radius 2 is 2.15 bits per heavy atom. The lowest BCUT2D eigenvalue weighted by molar-refractivity contribution is -0.207. The van der Waals surface area contributed by atoms with Gasteiger partial charge in [-0.3, -0.25) is 4.57 Å². The molecule has 1 fully saturated rings. The van der Waals surface area contributed by atoms with E-state index in [1.807, 2.05) is 13.8 Å².